The number of hydrogen-bond donors (Lipinski definition) is 0. The summed E-state index contributed by atoms with van der Waals surface area (Å²) in [7, 11) is 2.20. The molecule has 0 bridgehead atoms. The van der Waals surface area contributed by atoms with Crippen LogP contribution in [-0.4, -0.2) is 48.1 Å². The monoisotopic (exact) mass is 316 g/mol. The summed E-state index contributed by atoms with van der Waals surface area (Å²) in [6.45, 7) is 8.78. The molecule has 5 heteroatoms. The van der Waals surface area contributed by atoms with E-state index in [1.807, 2.05) is 18.3 Å². The van der Waals surface area contributed by atoms with E-state index in [1.54, 1.807) is 10.4 Å². The molecule has 1 atom stereocenters. The van der Waals surface area contributed by atoms with Crippen LogP contribution in [0.2, 0.25) is 0 Å². The van der Waals surface area contributed by atoms with Gasteiger partial charge in [0.1, 0.15) is 16.5 Å². The smallest absolute Gasteiger partial charge is 0.141 e. The van der Waals surface area contributed by atoms with Crippen molar-refractivity contribution >= 4 is 27.4 Å². The second kappa shape index (κ2) is 5.46. The first kappa shape index (κ1) is 14.4. The third kappa shape index (κ3) is 2.40. The van der Waals surface area contributed by atoms with E-state index in [4.69, 9.17) is 9.97 Å². The summed E-state index contributed by atoms with van der Waals surface area (Å²) in [4.78, 5) is 17.2. The number of fused-ring (bicyclic) bond motifs is 3. The van der Waals surface area contributed by atoms with Crippen molar-refractivity contribution in [2.75, 3.05) is 38.1 Å². The summed E-state index contributed by atoms with van der Waals surface area (Å²) >= 11 is 1.91. The number of piperazine rings is 1. The number of rotatable bonds is 1. The summed E-state index contributed by atoms with van der Waals surface area (Å²) < 4.78 is 0. The SMILES string of the molecule is Cc1nc(N2CCN(C)CC2)c2c3c(sc2n1)C[C@H](C)CC3. The van der Waals surface area contributed by atoms with Crippen LogP contribution in [0.1, 0.15) is 29.6 Å². The molecule has 0 aromatic carbocycles. The van der Waals surface area contributed by atoms with E-state index < -0.39 is 0 Å². The van der Waals surface area contributed by atoms with Gasteiger partial charge >= 0.3 is 0 Å². The Morgan fingerprint density at radius 1 is 1.14 bits per heavy atom. The van der Waals surface area contributed by atoms with Crippen LogP contribution < -0.4 is 4.90 Å². The van der Waals surface area contributed by atoms with Crippen molar-refractivity contribution in [1.82, 2.24) is 14.9 Å². The van der Waals surface area contributed by atoms with Gasteiger partial charge in [-0.3, -0.25) is 0 Å². The topological polar surface area (TPSA) is 32.3 Å². The molecule has 2 aliphatic rings. The highest BCUT2D eigenvalue weighted by atomic mass is 32.1. The van der Waals surface area contributed by atoms with E-state index in [0.717, 1.165) is 37.9 Å². The van der Waals surface area contributed by atoms with Gasteiger partial charge in [-0.05, 0) is 44.7 Å². The average Bonchev–Trinajstić information content (AvgIpc) is 2.84. The van der Waals surface area contributed by atoms with E-state index in [1.165, 1.54) is 35.3 Å². The standard InChI is InChI=1S/C17H24N4S/c1-11-4-5-13-14(10-11)22-17-15(13)16(18-12(2)19-17)21-8-6-20(3)7-9-21/h11H,4-10H2,1-3H3/t11-/m1/s1. The lowest BCUT2D eigenvalue weighted by Gasteiger charge is -2.34. The normalized spacial score (nSPS) is 23.0. The second-order valence-corrected chi connectivity index (χ2v) is 8.00. The zero-order valence-electron chi connectivity index (χ0n) is 13.7. The van der Waals surface area contributed by atoms with Gasteiger partial charge in [-0.15, -0.1) is 11.3 Å². The van der Waals surface area contributed by atoms with Crippen molar-refractivity contribution in [1.29, 1.82) is 0 Å². The van der Waals surface area contributed by atoms with Crippen molar-refractivity contribution in [2.45, 2.75) is 33.1 Å². The fraction of sp³-hybridized carbons (Fsp3) is 0.647. The van der Waals surface area contributed by atoms with E-state index in [0.29, 0.717) is 0 Å². The molecule has 4 nitrogen and oxygen atoms in total. The summed E-state index contributed by atoms with van der Waals surface area (Å²) in [6, 6.07) is 0. The van der Waals surface area contributed by atoms with Crippen LogP contribution in [0.4, 0.5) is 5.82 Å². The molecular formula is C17H24N4S. The molecule has 0 radical (unpaired) electrons. The largest absolute Gasteiger partial charge is 0.353 e. The van der Waals surface area contributed by atoms with Gasteiger partial charge in [-0.2, -0.15) is 0 Å². The Morgan fingerprint density at radius 3 is 2.68 bits per heavy atom. The zero-order valence-corrected chi connectivity index (χ0v) is 14.5. The highest BCUT2D eigenvalue weighted by molar-refractivity contribution is 7.19. The highest BCUT2D eigenvalue weighted by Gasteiger charge is 2.26. The molecule has 1 fully saturated rings. The molecule has 2 aromatic rings. The Morgan fingerprint density at radius 2 is 1.91 bits per heavy atom. The Labute approximate surface area is 136 Å². The Balaban J connectivity index is 1.83. The van der Waals surface area contributed by atoms with Gasteiger partial charge in [0.25, 0.3) is 0 Å². The van der Waals surface area contributed by atoms with Gasteiger partial charge in [0.05, 0.1) is 5.39 Å². The third-order valence-electron chi connectivity index (χ3n) is 5.05. The summed E-state index contributed by atoms with van der Waals surface area (Å²) in [5, 5.41) is 1.36. The molecule has 2 aromatic heterocycles. The fourth-order valence-electron chi connectivity index (χ4n) is 3.67. The molecule has 22 heavy (non-hydrogen) atoms. The maximum absolute atomic E-state index is 4.85. The number of aryl methyl sites for hydroxylation is 2. The van der Waals surface area contributed by atoms with Crippen molar-refractivity contribution in [3.8, 4) is 0 Å². The molecule has 4 rings (SSSR count). The van der Waals surface area contributed by atoms with Crippen LogP contribution >= 0.6 is 11.3 Å². The number of thiophene rings is 1. The zero-order chi connectivity index (χ0) is 15.3. The number of aromatic nitrogens is 2. The number of anilines is 1. The van der Waals surface area contributed by atoms with Gasteiger partial charge < -0.3 is 9.80 Å². The van der Waals surface area contributed by atoms with E-state index in [2.05, 4.69) is 23.8 Å². The predicted molar refractivity (Wildman–Crippen MR) is 93.1 cm³/mol. The summed E-state index contributed by atoms with van der Waals surface area (Å²) in [5.74, 6) is 2.91. The average molecular weight is 316 g/mol. The van der Waals surface area contributed by atoms with Crippen molar-refractivity contribution in [3.63, 3.8) is 0 Å². The minimum Gasteiger partial charge on any atom is -0.353 e. The van der Waals surface area contributed by atoms with Gasteiger partial charge in [-0.1, -0.05) is 6.92 Å². The van der Waals surface area contributed by atoms with Crippen molar-refractivity contribution in [2.24, 2.45) is 5.92 Å². The van der Waals surface area contributed by atoms with Gasteiger partial charge in [0, 0.05) is 31.1 Å². The maximum atomic E-state index is 4.85. The summed E-state index contributed by atoms with van der Waals surface area (Å²) in [5.41, 5.74) is 1.55. The number of nitrogens with zero attached hydrogens (tertiary/aromatic N) is 4. The van der Waals surface area contributed by atoms with Gasteiger partial charge in [0.2, 0.25) is 0 Å². The molecule has 118 valence electrons. The van der Waals surface area contributed by atoms with Crippen LogP contribution in [0.5, 0.6) is 0 Å². The Hall–Kier alpha value is -1.20. The molecule has 1 saturated heterocycles. The van der Waals surface area contributed by atoms with Crippen LogP contribution in [0.15, 0.2) is 0 Å². The first-order chi connectivity index (χ1) is 10.6. The second-order valence-electron chi connectivity index (χ2n) is 6.92. The van der Waals surface area contributed by atoms with Crippen LogP contribution in [0.25, 0.3) is 10.2 Å². The third-order valence-corrected chi connectivity index (χ3v) is 6.20. The predicted octanol–water partition coefficient (Wildman–Crippen LogP) is 2.88. The summed E-state index contributed by atoms with van der Waals surface area (Å²) in [6.07, 6.45) is 3.72. The minimum absolute atomic E-state index is 0.807. The first-order valence-corrected chi connectivity index (χ1v) is 9.16. The van der Waals surface area contributed by atoms with Crippen molar-refractivity contribution < 1.29 is 0 Å². The Bertz CT molecular complexity index is 700. The van der Waals surface area contributed by atoms with Gasteiger partial charge in [0.15, 0.2) is 0 Å². The van der Waals surface area contributed by atoms with Crippen LogP contribution in [0.3, 0.4) is 0 Å². The lowest BCUT2D eigenvalue weighted by Crippen LogP contribution is -2.45. The molecule has 0 N–H and O–H groups in total. The number of hydrogen-bond acceptors (Lipinski definition) is 5. The highest BCUT2D eigenvalue weighted by Crippen LogP contribution is 2.41. The van der Waals surface area contributed by atoms with E-state index in [9.17, 15) is 0 Å². The maximum Gasteiger partial charge on any atom is 0.141 e. The Kier molecular flexibility index (Phi) is 3.57. The fourth-order valence-corrected chi connectivity index (χ4v) is 5.10. The minimum atomic E-state index is 0.807. The first-order valence-electron chi connectivity index (χ1n) is 8.34. The van der Waals surface area contributed by atoms with Gasteiger partial charge in [-0.25, -0.2) is 9.97 Å². The lowest BCUT2D eigenvalue weighted by molar-refractivity contribution is 0.312. The van der Waals surface area contributed by atoms with Crippen LogP contribution in [-0.2, 0) is 12.8 Å². The molecular weight excluding hydrogens is 292 g/mol. The molecule has 3 heterocycles. The quantitative estimate of drug-likeness (QED) is 0.810. The molecule has 0 saturated carbocycles. The van der Waals surface area contributed by atoms with E-state index >= 15 is 0 Å². The van der Waals surface area contributed by atoms with Crippen molar-refractivity contribution in [3.05, 3.63) is 16.3 Å². The molecule has 0 unspecified atom stereocenters. The molecule has 1 aliphatic heterocycles. The lowest BCUT2D eigenvalue weighted by atomic mass is 9.89. The molecule has 1 aliphatic carbocycles. The van der Waals surface area contributed by atoms with E-state index in [-0.39, 0.29) is 0 Å². The molecule has 0 spiro atoms. The molecule has 0 amide bonds. The van der Waals surface area contributed by atoms with Crippen LogP contribution in [0, 0.1) is 12.8 Å². The number of likely N-dealkylation sites (N-methyl/N-ethyl adjacent to an activating group) is 1.